The van der Waals surface area contributed by atoms with Gasteiger partial charge in [0.1, 0.15) is 5.82 Å². The third-order valence-corrected chi connectivity index (χ3v) is 9.16. The van der Waals surface area contributed by atoms with Crippen LogP contribution in [0, 0.1) is 11.8 Å². The third kappa shape index (κ3) is 4.86. The molecule has 3 aromatic rings. The number of likely N-dealkylation sites (tertiary alicyclic amines) is 2. The van der Waals surface area contributed by atoms with Crippen molar-refractivity contribution in [3.05, 3.63) is 77.1 Å². The minimum atomic E-state index is -4.11. The van der Waals surface area contributed by atoms with Gasteiger partial charge in [0.15, 0.2) is 0 Å². The van der Waals surface area contributed by atoms with Crippen LogP contribution in [0.1, 0.15) is 43.2 Å². The van der Waals surface area contributed by atoms with E-state index in [9.17, 15) is 18.0 Å². The lowest BCUT2D eigenvalue weighted by Gasteiger charge is -2.36. The smallest absolute Gasteiger partial charge is 0.343 e. The maximum Gasteiger partial charge on any atom is 0.393 e. The van der Waals surface area contributed by atoms with Crippen molar-refractivity contribution >= 4 is 17.5 Å². The van der Waals surface area contributed by atoms with E-state index in [4.69, 9.17) is 11.6 Å². The predicted octanol–water partition coefficient (Wildman–Crippen LogP) is 6.21. The summed E-state index contributed by atoms with van der Waals surface area (Å²) in [5.74, 6) is 0.134. The summed E-state index contributed by atoms with van der Waals surface area (Å²) < 4.78 is 41.3. The molecule has 3 aliphatic rings. The molecule has 2 atom stereocenters. The van der Waals surface area contributed by atoms with Gasteiger partial charge in [-0.1, -0.05) is 48.0 Å². The van der Waals surface area contributed by atoms with Crippen molar-refractivity contribution in [1.82, 2.24) is 19.4 Å². The van der Waals surface area contributed by atoms with E-state index in [1.54, 1.807) is 6.20 Å². The number of hydrogen-bond acceptors (Lipinski definition) is 3. The molecule has 4 heterocycles. The summed E-state index contributed by atoms with van der Waals surface area (Å²) in [6, 6.07) is 16.1. The third-order valence-electron chi connectivity index (χ3n) is 8.91. The van der Waals surface area contributed by atoms with Crippen LogP contribution in [0.15, 0.2) is 60.9 Å². The Labute approximate surface area is 231 Å². The lowest BCUT2D eigenvalue weighted by Crippen LogP contribution is -2.42. The number of halogens is 4. The van der Waals surface area contributed by atoms with Gasteiger partial charge in [0.25, 0.3) is 0 Å². The number of carbonyl (C=O) groups is 1. The molecular formula is C30H32ClF3N4O. The number of benzene rings is 2. The Bertz CT molecular complexity index is 1330. The number of imidazole rings is 1. The Hall–Kier alpha value is -2.84. The largest absolute Gasteiger partial charge is 0.393 e. The molecular weight excluding hydrogens is 525 g/mol. The molecule has 6 rings (SSSR count). The SMILES string of the molecule is O=C(CCC1(c2ccc(Cl)cc2)c2ccccc2-c2nccn21)N1CCC(CN2CCC(C(F)(F)F)C2)CC1. The highest BCUT2D eigenvalue weighted by molar-refractivity contribution is 6.30. The van der Waals surface area contributed by atoms with Crippen LogP contribution in [0.25, 0.3) is 11.4 Å². The van der Waals surface area contributed by atoms with E-state index >= 15 is 0 Å². The Morgan fingerprint density at radius 3 is 2.49 bits per heavy atom. The van der Waals surface area contributed by atoms with Crippen molar-refractivity contribution in [1.29, 1.82) is 0 Å². The number of hydrogen-bond donors (Lipinski definition) is 0. The van der Waals surface area contributed by atoms with Gasteiger partial charge >= 0.3 is 6.18 Å². The number of fused-ring (bicyclic) bond motifs is 3. The molecule has 2 aromatic carbocycles. The van der Waals surface area contributed by atoms with E-state index in [0.717, 1.165) is 35.4 Å². The zero-order valence-corrected chi connectivity index (χ0v) is 22.5. The average Bonchev–Trinajstić information content (AvgIpc) is 3.65. The molecule has 0 N–H and O–H groups in total. The molecule has 9 heteroatoms. The van der Waals surface area contributed by atoms with Gasteiger partial charge in [-0.25, -0.2) is 4.98 Å². The zero-order chi connectivity index (χ0) is 27.2. The highest BCUT2D eigenvalue weighted by Gasteiger charge is 2.46. The molecule has 3 aliphatic heterocycles. The number of amides is 1. The summed E-state index contributed by atoms with van der Waals surface area (Å²) in [5.41, 5.74) is 2.70. The number of rotatable bonds is 6. The van der Waals surface area contributed by atoms with Crippen LogP contribution in [0.4, 0.5) is 13.2 Å². The van der Waals surface area contributed by atoms with Crippen molar-refractivity contribution < 1.29 is 18.0 Å². The summed E-state index contributed by atoms with van der Waals surface area (Å²) in [5, 5.41) is 0.660. The van der Waals surface area contributed by atoms with E-state index in [1.165, 1.54) is 0 Å². The molecule has 206 valence electrons. The maximum absolute atomic E-state index is 13.5. The van der Waals surface area contributed by atoms with Gasteiger partial charge in [0.05, 0.1) is 11.5 Å². The monoisotopic (exact) mass is 556 g/mol. The molecule has 0 spiro atoms. The van der Waals surface area contributed by atoms with Crippen molar-refractivity contribution in [2.45, 2.75) is 43.8 Å². The fourth-order valence-corrected chi connectivity index (χ4v) is 6.97. The van der Waals surface area contributed by atoms with Crippen LogP contribution >= 0.6 is 11.6 Å². The fraction of sp³-hybridized carbons (Fsp3) is 0.467. The normalized spacial score (nSPS) is 23.7. The van der Waals surface area contributed by atoms with Gasteiger partial charge in [-0.3, -0.25) is 4.79 Å². The van der Waals surface area contributed by atoms with Gasteiger partial charge in [-0.05, 0) is 61.4 Å². The average molecular weight is 557 g/mol. The van der Waals surface area contributed by atoms with Crippen LogP contribution in [-0.2, 0) is 10.3 Å². The standard InChI is InChI=1S/C30H32ClF3N4O/c31-24-7-5-22(6-8-24)29(26-4-2-1-3-25(26)28-35-14-18-38(28)29)13-9-27(39)37-16-10-21(11-17-37)19-36-15-12-23(20-36)30(32,33)34/h1-8,14,18,21,23H,9-13,15-17,19-20H2. The van der Waals surface area contributed by atoms with Crippen LogP contribution in [-0.4, -0.2) is 64.2 Å². The second-order valence-electron chi connectivity index (χ2n) is 11.1. The number of nitrogens with zero attached hydrogens (tertiary/aromatic N) is 4. The summed E-state index contributed by atoms with van der Waals surface area (Å²) >= 11 is 6.23. The molecule has 1 aromatic heterocycles. The highest BCUT2D eigenvalue weighted by Crippen LogP contribution is 2.49. The zero-order valence-electron chi connectivity index (χ0n) is 21.7. The van der Waals surface area contributed by atoms with Gasteiger partial charge in [-0.2, -0.15) is 13.2 Å². The first kappa shape index (κ1) is 26.4. The fourth-order valence-electron chi connectivity index (χ4n) is 6.84. The van der Waals surface area contributed by atoms with Crippen molar-refractivity contribution in [2.24, 2.45) is 11.8 Å². The molecule has 2 unspecified atom stereocenters. The summed E-state index contributed by atoms with van der Waals surface area (Å²) in [4.78, 5) is 22.0. The number of aromatic nitrogens is 2. The quantitative estimate of drug-likeness (QED) is 0.362. The Kier molecular flexibility index (Phi) is 6.96. The first-order chi connectivity index (χ1) is 18.8. The second kappa shape index (κ2) is 10.3. The van der Waals surface area contributed by atoms with Crippen LogP contribution in [0.3, 0.4) is 0 Å². The van der Waals surface area contributed by atoms with E-state index in [0.29, 0.717) is 50.0 Å². The molecule has 0 aliphatic carbocycles. The topological polar surface area (TPSA) is 41.4 Å². The molecule has 2 saturated heterocycles. The number of carbonyl (C=O) groups excluding carboxylic acids is 1. The molecule has 2 fully saturated rings. The summed E-state index contributed by atoms with van der Waals surface area (Å²) in [7, 11) is 0. The van der Waals surface area contributed by atoms with Crippen molar-refractivity contribution in [3.8, 4) is 11.4 Å². The van der Waals surface area contributed by atoms with Gasteiger partial charge < -0.3 is 14.4 Å². The molecule has 0 bridgehead atoms. The van der Waals surface area contributed by atoms with Gasteiger partial charge in [0, 0.05) is 55.6 Å². The molecule has 39 heavy (non-hydrogen) atoms. The number of alkyl halides is 3. The summed E-state index contributed by atoms with van der Waals surface area (Å²) in [6.07, 6.45) is 2.50. The maximum atomic E-state index is 13.5. The Balaban J connectivity index is 1.14. The van der Waals surface area contributed by atoms with Gasteiger partial charge in [0.2, 0.25) is 5.91 Å². The second-order valence-corrected chi connectivity index (χ2v) is 11.6. The highest BCUT2D eigenvalue weighted by atomic mass is 35.5. The van der Waals surface area contributed by atoms with E-state index in [2.05, 4.69) is 21.7 Å². The van der Waals surface area contributed by atoms with Crippen molar-refractivity contribution in [3.63, 3.8) is 0 Å². The first-order valence-corrected chi connectivity index (χ1v) is 14.1. The minimum absolute atomic E-state index is 0.104. The first-order valence-electron chi connectivity index (χ1n) is 13.7. The molecule has 0 radical (unpaired) electrons. The van der Waals surface area contributed by atoms with Gasteiger partial charge in [-0.15, -0.1) is 0 Å². The summed E-state index contributed by atoms with van der Waals surface area (Å²) in [6.45, 7) is 2.61. The predicted molar refractivity (Wildman–Crippen MR) is 144 cm³/mol. The number of piperidine rings is 1. The van der Waals surface area contributed by atoms with Crippen LogP contribution < -0.4 is 0 Å². The van der Waals surface area contributed by atoms with E-state index in [1.807, 2.05) is 52.4 Å². The molecule has 0 saturated carbocycles. The van der Waals surface area contributed by atoms with Crippen LogP contribution in [0.5, 0.6) is 0 Å². The Morgan fingerprint density at radius 2 is 1.77 bits per heavy atom. The lowest BCUT2D eigenvalue weighted by atomic mass is 9.79. The van der Waals surface area contributed by atoms with Crippen LogP contribution in [0.2, 0.25) is 5.02 Å². The van der Waals surface area contributed by atoms with E-state index in [-0.39, 0.29) is 18.9 Å². The molecule has 1 amide bonds. The lowest BCUT2D eigenvalue weighted by molar-refractivity contribution is -0.170. The van der Waals surface area contributed by atoms with E-state index < -0.39 is 17.6 Å². The molecule has 5 nitrogen and oxygen atoms in total. The van der Waals surface area contributed by atoms with Crippen molar-refractivity contribution in [2.75, 3.05) is 32.7 Å². The Morgan fingerprint density at radius 1 is 1.03 bits per heavy atom. The minimum Gasteiger partial charge on any atom is -0.343 e.